The van der Waals surface area contributed by atoms with Crippen LogP contribution in [0, 0.1) is 10.1 Å². The summed E-state index contributed by atoms with van der Waals surface area (Å²) < 4.78 is 37.8. The Morgan fingerprint density at radius 1 is 1.12 bits per heavy atom. The summed E-state index contributed by atoms with van der Waals surface area (Å²) in [5.41, 5.74) is 0.235. The number of non-ortho nitro benzene ring substituents is 1. The number of benzene rings is 2. The third-order valence-corrected chi connectivity index (χ3v) is 7.18. The van der Waals surface area contributed by atoms with Crippen LogP contribution < -0.4 is 4.74 Å². The molecule has 0 atom stereocenters. The molecule has 2 aromatic carbocycles. The summed E-state index contributed by atoms with van der Waals surface area (Å²) in [6.45, 7) is 0.286. The smallest absolute Gasteiger partial charge is 0.331 e. The van der Waals surface area contributed by atoms with Crippen molar-refractivity contribution in [2.45, 2.75) is 24.2 Å². The van der Waals surface area contributed by atoms with Crippen LogP contribution in [0.2, 0.25) is 0 Å². The Kier molecular flexibility index (Phi) is 8.13. The fraction of sp³-hybridized carbons (Fsp3) is 0.304. The Morgan fingerprint density at radius 2 is 1.85 bits per heavy atom. The lowest BCUT2D eigenvalue weighted by Crippen LogP contribution is -2.35. The molecule has 10 nitrogen and oxygen atoms in total. The van der Waals surface area contributed by atoms with Crippen LogP contribution >= 0.6 is 0 Å². The zero-order valence-corrected chi connectivity index (χ0v) is 19.3. The van der Waals surface area contributed by atoms with Gasteiger partial charge in [0.25, 0.3) is 5.69 Å². The maximum absolute atomic E-state index is 13.1. The Hall–Kier alpha value is -3.57. The number of sulfonamides is 1. The van der Waals surface area contributed by atoms with Gasteiger partial charge >= 0.3 is 5.97 Å². The van der Waals surface area contributed by atoms with Gasteiger partial charge in [-0.2, -0.15) is 4.31 Å². The number of carbonyl (C=O) groups excluding carboxylic acids is 2. The number of rotatable bonds is 9. The zero-order valence-electron chi connectivity index (χ0n) is 18.5. The fourth-order valence-corrected chi connectivity index (χ4v) is 5.18. The van der Waals surface area contributed by atoms with E-state index < -0.39 is 33.3 Å². The molecule has 1 heterocycles. The van der Waals surface area contributed by atoms with Crippen molar-refractivity contribution in [1.82, 2.24) is 4.31 Å². The quantitative estimate of drug-likeness (QED) is 0.173. The van der Waals surface area contributed by atoms with E-state index in [-0.39, 0.29) is 21.9 Å². The molecule has 0 N–H and O–H groups in total. The molecule has 2 aromatic rings. The van der Waals surface area contributed by atoms with E-state index in [0.29, 0.717) is 18.7 Å². The molecule has 34 heavy (non-hydrogen) atoms. The first-order valence-corrected chi connectivity index (χ1v) is 12.0. The summed E-state index contributed by atoms with van der Waals surface area (Å²) >= 11 is 0. The average Bonchev–Trinajstić information content (AvgIpc) is 2.86. The normalized spacial score (nSPS) is 14.6. The van der Waals surface area contributed by atoms with Crippen molar-refractivity contribution in [3.63, 3.8) is 0 Å². The van der Waals surface area contributed by atoms with Crippen molar-refractivity contribution in [1.29, 1.82) is 0 Å². The molecule has 1 fully saturated rings. The van der Waals surface area contributed by atoms with Crippen molar-refractivity contribution < 1.29 is 32.4 Å². The third kappa shape index (κ3) is 6.06. The number of piperidine rings is 1. The summed E-state index contributed by atoms with van der Waals surface area (Å²) in [5, 5.41) is 10.8. The van der Waals surface area contributed by atoms with Gasteiger partial charge in [-0.1, -0.05) is 24.6 Å². The molecule has 1 aliphatic heterocycles. The Morgan fingerprint density at radius 3 is 2.53 bits per heavy atom. The Balaban J connectivity index is 1.68. The summed E-state index contributed by atoms with van der Waals surface area (Å²) in [7, 11) is -2.38. The van der Waals surface area contributed by atoms with Gasteiger partial charge in [-0.3, -0.25) is 14.9 Å². The highest BCUT2D eigenvalue weighted by Crippen LogP contribution is 2.30. The largest absolute Gasteiger partial charge is 0.495 e. The van der Waals surface area contributed by atoms with Gasteiger partial charge in [0.2, 0.25) is 15.8 Å². The lowest BCUT2D eigenvalue weighted by molar-refractivity contribution is -0.384. The monoisotopic (exact) mass is 488 g/mol. The van der Waals surface area contributed by atoms with E-state index in [4.69, 9.17) is 9.47 Å². The second kappa shape index (κ2) is 11.0. The average molecular weight is 489 g/mol. The molecule has 0 aliphatic carbocycles. The fourth-order valence-electron chi connectivity index (χ4n) is 3.47. The van der Waals surface area contributed by atoms with E-state index in [1.54, 1.807) is 6.07 Å². The van der Waals surface area contributed by atoms with Crippen LogP contribution in [0.1, 0.15) is 35.2 Å². The minimum absolute atomic E-state index is 0.00765. The number of carbonyl (C=O) groups is 2. The van der Waals surface area contributed by atoms with Crippen LogP contribution in [0.15, 0.2) is 53.4 Å². The van der Waals surface area contributed by atoms with Gasteiger partial charge in [-0.25, -0.2) is 13.2 Å². The second-order valence-corrected chi connectivity index (χ2v) is 9.45. The summed E-state index contributed by atoms with van der Waals surface area (Å²) in [6.07, 6.45) is 5.01. The van der Waals surface area contributed by atoms with Crippen LogP contribution in [0.25, 0.3) is 6.08 Å². The molecular weight excluding hydrogens is 464 g/mol. The van der Waals surface area contributed by atoms with Crippen molar-refractivity contribution in [2.75, 3.05) is 26.8 Å². The summed E-state index contributed by atoms with van der Waals surface area (Å²) in [5.74, 6) is -1.22. The summed E-state index contributed by atoms with van der Waals surface area (Å²) in [4.78, 5) is 34.4. The van der Waals surface area contributed by atoms with Crippen molar-refractivity contribution in [3.05, 3.63) is 69.8 Å². The number of nitro groups is 1. The van der Waals surface area contributed by atoms with Crippen LogP contribution in [-0.4, -0.2) is 56.2 Å². The second-order valence-electron chi connectivity index (χ2n) is 7.55. The summed E-state index contributed by atoms with van der Waals surface area (Å²) in [6, 6.07) is 9.63. The number of esters is 1. The topological polar surface area (TPSA) is 133 Å². The van der Waals surface area contributed by atoms with E-state index in [0.717, 1.165) is 31.4 Å². The van der Waals surface area contributed by atoms with Crippen LogP contribution in [-0.2, 0) is 19.6 Å². The maximum Gasteiger partial charge on any atom is 0.331 e. The highest BCUT2D eigenvalue weighted by atomic mass is 32.2. The van der Waals surface area contributed by atoms with Gasteiger partial charge in [0, 0.05) is 36.9 Å². The molecular formula is C23H24N2O8S. The Labute approximate surface area is 197 Å². The molecule has 0 amide bonds. The molecule has 1 aliphatic rings. The highest BCUT2D eigenvalue weighted by molar-refractivity contribution is 7.89. The lowest BCUT2D eigenvalue weighted by Gasteiger charge is -2.26. The maximum atomic E-state index is 13.1. The number of Topliss-reactive ketones (excluding diaryl/α,β-unsaturated/α-hetero) is 1. The number of ketones is 1. The molecule has 0 spiro atoms. The van der Waals surface area contributed by atoms with Crippen LogP contribution in [0.4, 0.5) is 5.69 Å². The predicted octanol–water partition coefficient (Wildman–Crippen LogP) is 3.22. The lowest BCUT2D eigenvalue weighted by atomic mass is 10.1. The SMILES string of the molecule is COc1ccc(C=CC(=O)OCC(=O)c2cccc([N+](=O)[O-])c2)cc1S(=O)(=O)N1CCCCC1. The van der Waals surface area contributed by atoms with Gasteiger partial charge in [0.15, 0.2) is 6.61 Å². The van der Waals surface area contributed by atoms with Crippen molar-refractivity contribution in [3.8, 4) is 5.75 Å². The molecule has 0 unspecified atom stereocenters. The number of hydrogen-bond acceptors (Lipinski definition) is 8. The highest BCUT2D eigenvalue weighted by Gasteiger charge is 2.29. The van der Waals surface area contributed by atoms with Crippen LogP contribution in [0.5, 0.6) is 5.75 Å². The number of ether oxygens (including phenoxy) is 2. The first-order chi connectivity index (χ1) is 16.2. The predicted molar refractivity (Wildman–Crippen MR) is 123 cm³/mol. The molecule has 11 heteroatoms. The molecule has 0 bridgehead atoms. The first-order valence-electron chi connectivity index (χ1n) is 10.5. The van der Waals surface area contributed by atoms with Crippen LogP contribution in [0.3, 0.4) is 0 Å². The molecule has 0 saturated carbocycles. The van der Waals surface area contributed by atoms with Crippen molar-refractivity contribution >= 4 is 33.5 Å². The van der Waals surface area contributed by atoms with E-state index in [1.807, 2.05) is 0 Å². The molecule has 0 aromatic heterocycles. The molecule has 3 rings (SSSR count). The standard InChI is InChI=1S/C23H24N2O8S/c1-32-21-10-8-17(14-22(21)34(30,31)24-12-3-2-4-13-24)9-11-23(27)33-16-20(26)18-6-5-7-19(15-18)25(28)29/h5-11,14-15H,2-4,12-13,16H2,1H3. The molecule has 180 valence electrons. The van der Waals surface area contributed by atoms with E-state index in [2.05, 4.69) is 0 Å². The van der Waals surface area contributed by atoms with E-state index in [9.17, 15) is 28.1 Å². The van der Waals surface area contributed by atoms with Gasteiger partial charge in [0.05, 0.1) is 12.0 Å². The number of nitro benzene ring substituents is 1. The van der Waals surface area contributed by atoms with Gasteiger partial charge < -0.3 is 9.47 Å². The van der Waals surface area contributed by atoms with Gasteiger partial charge in [0.1, 0.15) is 10.6 Å². The third-order valence-electron chi connectivity index (χ3n) is 5.26. The molecule has 1 saturated heterocycles. The number of hydrogen-bond donors (Lipinski definition) is 0. The van der Waals surface area contributed by atoms with E-state index >= 15 is 0 Å². The minimum Gasteiger partial charge on any atom is -0.495 e. The number of methoxy groups -OCH3 is 1. The zero-order chi connectivity index (χ0) is 24.7. The van der Waals surface area contributed by atoms with E-state index in [1.165, 1.54) is 47.8 Å². The first kappa shape index (κ1) is 25.1. The van der Waals surface area contributed by atoms with Gasteiger partial charge in [-0.15, -0.1) is 0 Å². The molecule has 0 radical (unpaired) electrons. The Bertz CT molecular complexity index is 1220. The minimum atomic E-state index is -3.76. The van der Waals surface area contributed by atoms with Crippen molar-refractivity contribution in [2.24, 2.45) is 0 Å². The van der Waals surface area contributed by atoms with Gasteiger partial charge in [-0.05, 0) is 36.6 Å². The number of nitrogens with zero attached hydrogens (tertiary/aromatic N) is 2.